The lowest BCUT2D eigenvalue weighted by Crippen LogP contribution is -2.36. The molecule has 0 aliphatic rings. The van der Waals surface area contributed by atoms with E-state index in [0.717, 1.165) is 18.2 Å². The molecule has 0 saturated carbocycles. The van der Waals surface area contributed by atoms with Crippen LogP contribution in [-0.2, 0) is 27.4 Å². The van der Waals surface area contributed by atoms with Crippen LogP contribution in [0.3, 0.4) is 0 Å². The van der Waals surface area contributed by atoms with Crippen LogP contribution in [0.15, 0.2) is 60.7 Å². The number of alkyl halides is 2. The van der Waals surface area contributed by atoms with Gasteiger partial charge in [-0.05, 0) is 11.1 Å². The van der Waals surface area contributed by atoms with E-state index in [9.17, 15) is 13.6 Å². The summed E-state index contributed by atoms with van der Waals surface area (Å²) < 4.78 is 35.3. The number of ether oxygens (including phenoxy) is 2. The molecule has 2 aromatic carbocycles. The maximum absolute atomic E-state index is 13.4. The Balaban J connectivity index is 1.97. The summed E-state index contributed by atoms with van der Waals surface area (Å²) >= 11 is 0. The lowest BCUT2D eigenvalue weighted by Gasteiger charge is -2.23. The van der Waals surface area contributed by atoms with Crippen LogP contribution in [0.25, 0.3) is 0 Å². The molecule has 0 aliphatic heterocycles. The maximum atomic E-state index is 13.4. The molecule has 0 atom stereocenters. The zero-order valence-electron chi connectivity index (χ0n) is 14.0. The van der Waals surface area contributed by atoms with Crippen molar-refractivity contribution in [3.8, 4) is 0 Å². The second-order valence-corrected chi connectivity index (χ2v) is 5.54. The van der Waals surface area contributed by atoms with Gasteiger partial charge in [0.2, 0.25) is 0 Å². The first-order valence-electron chi connectivity index (χ1n) is 7.91. The second kappa shape index (κ2) is 9.25. The smallest absolute Gasteiger partial charge is 0.456 e. The van der Waals surface area contributed by atoms with Crippen LogP contribution in [0.1, 0.15) is 11.1 Å². The van der Waals surface area contributed by atoms with Gasteiger partial charge in [0, 0.05) is 19.6 Å². The van der Waals surface area contributed by atoms with Gasteiger partial charge in [-0.25, -0.2) is 4.79 Å². The highest BCUT2D eigenvalue weighted by Crippen LogP contribution is 2.17. The van der Waals surface area contributed by atoms with Crippen molar-refractivity contribution >= 4 is 5.97 Å². The molecule has 0 heterocycles. The molecule has 0 aromatic heterocycles. The number of benzene rings is 2. The molecule has 0 spiro atoms. The van der Waals surface area contributed by atoms with Crippen molar-refractivity contribution in [3.05, 3.63) is 71.8 Å². The highest BCUT2D eigenvalue weighted by molar-refractivity contribution is 5.75. The van der Waals surface area contributed by atoms with Crippen molar-refractivity contribution in [1.82, 2.24) is 4.90 Å². The number of nitrogens with zero attached hydrogens (tertiary/aromatic N) is 1. The quantitative estimate of drug-likeness (QED) is 0.650. The van der Waals surface area contributed by atoms with Gasteiger partial charge < -0.3 is 9.47 Å². The van der Waals surface area contributed by atoms with Crippen molar-refractivity contribution in [1.29, 1.82) is 0 Å². The summed E-state index contributed by atoms with van der Waals surface area (Å²) in [4.78, 5) is 13.0. The minimum Gasteiger partial charge on any atom is -0.463 e. The number of carbonyl (C=O) groups is 1. The van der Waals surface area contributed by atoms with E-state index in [1.54, 1.807) is 0 Å². The first-order chi connectivity index (χ1) is 12.0. The largest absolute Gasteiger partial charge is 0.463 e. The van der Waals surface area contributed by atoms with Gasteiger partial charge in [-0.15, -0.1) is 0 Å². The van der Waals surface area contributed by atoms with Gasteiger partial charge in [-0.1, -0.05) is 60.7 Å². The van der Waals surface area contributed by atoms with E-state index in [1.165, 1.54) is 0 Å². The van der Waals surface area contributed by atoms with Crippen LogP contribution >= 0.6 is 0 Å². The molecule has 0 aliphatic carbocycles. The van der Waals surface area contributed by atoms with Gasteiger partial charge in [0.25, 0.3) is 0 Å². The van der Waals surface area contributed by atoms with Crippen LogP contribution < -0.4 is 0 Å². The Bertz CT molecular complexity index is 609. The van der Waals surface area contributed by atoms with Crippen LogP contribution in [-0.4, -0.2) is 37.2 Å². The molecule has 134 valence electrons. The normalized spacial score (nSPS) is 11.5. The summed E-state index contributed by atoms with van der Waals surface area (Å²) in [5.74, 6) is -1.69. The van der Waals surface area contributed by atoms with Crippen LogP contribution in [0.4, 0.5) is 8.78 Å². The third-order valence-corrected chi connectivity index (χ3v) is 3.61. The fourth-order valence-corrected chi connectivity index (χ4v) is 2.38. The Kier molecular flexibility index (Phi) is 7.03. The molecule has 25 heavy (non-hydrogen) atoms. The Hall–Kier alpha value is -2.31. The van der Waals surface area contributed by atoms with Crippen molar-refractivity contribution in [3.63, 3.8) is 0 Å². The average molecular weight is 349 g/mol. The summed E-state index contributed by atoms with van der Waals surface area (Å²) in [6.45, 7) is 1.13. The molecule has 0 bridgehead atoms. The zero-order valence-corrected chi connectivity index (χ0v) is 14.0. The number of rotatable bonds is 9. The Morgan fingerprint density at radius 2 is 1.44 bits per heavy atom. The standard InChI is InChI=1S/C19H21F2NO3/c1-24-18(23)19(20,21)25-13-12-22(14-16-8-4-2-5-9-16)15-17-10-6-3-7-11-17/h2-11H,12-15H2,1H3. The number of hydrogen-bond acceptors (Lipinski definition) is 4. The molecule has 0 fully saturated rings. The SMILES string of the molecule is COC(=O)C(F)(F)OCCN(Cc1ccccc1)Cc1ccccc1. The van der Waals surface area contributed by atoms with Gasteiger partial charge in [0.05, 0.1) is 13.7 Å². The van der Waals surface area contributed by atoms with Crippen molar-refractivity contribution in [2.45, 2.75) is 19.2 Å². The van der Waals surface area contributed by atoms with Gasteiger partial charge in [0.1, 0.15) is 0 Å². The first kappa shape index (κ1) is 19.0. The number of hydrogen-bond donors (Lipinski definition) is 0. The van der Waals surface area contributed by atoms with Crippen molar-refractivity contribution < 1.29 is 23.0 Å². The predicted octanol–water partition coefficient (Wildman–Crippen LogP) is 3.47. The molecule has 6 heteroatoms. The van der Waals surface area contributed by atoms with E-state index in [4.69, 9.17) is 0 Å². The highest BCUT2D eigenvalue weighted by atomic mass is 19.3. The minimum absolute atomic E-state index is 0.246. The van der Waals surface area contributed by atoms with Crippen LogP contribution in [0, 0.1) is 0 Å². The predicted molar refractivity (Wildman–Crippen MR) is 89.9 cm³/mol. The fraction of sp³-hybridized carbons (Fsp3) is 0.316. The molecule has 4 nitrogen and oxygen atoms in total. The number of carbonyl (C=O) groups excluding carboxylic acids is 1. The first-order valence-corrected chi connectivity index (χ1v) is 7.91. The fourth-order valence-electron chi connectivity index (χ4n) is 2.38. The van der Waals surface area contributed by atoms with E-state index in [-0.39, 0.29) is 13.2 Å². The lowest BCUT2D eigenvalue weighted by molar-refractivity contribution is -0.248. The molecule has 0 N–H and O–H groups in total. The second-order valence-electron chi connectivity index (χ2n) is 5.54. The molecule has 2 aromatic rings. The van der Waals surface area contributed by atoms with Gasteiger partial charge in [0.15, 0.2) is 0 Å². The summed E-state index contributed by atoms with van der Waals surface area (Å²) in [6.07, 6.45) is -3.93. The summed E-state index contributed by atoms with van der Waals surface area (Å²) in [7, 11) is 0.900. The van der Waals surface area contributed by atoms with Crippen LogP contribution in [0.2, 0.25) is 0 Å². The Morgan fingerprint density at radius 3 is 1.88 bits per heavy atom. The average Bonchev–Trinajstić information content (AvgIpc) is 2.62. The molecule has 2 rings (SSSR count). The summed E-state index contributed by atoms with van der Waals surface area (Å²) in [5.41, 5.74) is 2.14. The van der Waals surface area contributed by atoms with E-state index in [2.05, 4.69) is 9.47 Å². The van der Waals surface area contributed by atoms with E-state index >= 15 is 0 Å². The monoisotopic (exact) mass is 349 g/mol. The van der Waals surface area contributed by atoms with Gasteiger partial charge >= 0.3 is 12.1 Å². The number of halogens is 2. The van der Waals surface area contributed by atoms with E-state index < -0.39 is 12.1 Å². The third kappa shape index (κ3) is 6.25. The van der Waals surface area contributed by atoms with Gasteiger partial charge in [-0.2, -0.15) is 8.78 Å². The van der Waals surface area contributed by atoms with Crippen LogP contribution in [0.5, 0.6) is 0 Å². The third-order valence-electron chi connectivity index (χ3n) is 3.61. The Morgan fingerprint density at radius 1 is 0.960 bits per heavy atom. The van der Waals surface area contributed by atoms with Crippen molar-refractivity contribution in [2.24, 2.45) is 0 Å². The lowest BCUT2D eigenvalue weighted by atomic mass is 10.1. The van der Waals surface area contributed by atoms with E-state index in [1.807, 2.05) is 65.6 Å². The number of methoxy groups -OCH3 is 1. The van der Waals surface area contributed by atoms with E-state index in [0.29, 0.717) is 13.1 Å². The molecule has 0 unspecified atom stereocenters. The summed E-state index contributed by atoms with van der Waals surface area (Å²) in [6, 6.07) is 19.5. The molecular weight excluding hydrogens is 328 g/mol. The molecule has 0 radical (unpaired) electrons. The van der Waals surface area contributed by atoms with Gasteiger partial charge in [-0.3, -0.25) is 4.90 Å². The van der Waals surface area contributed by atoms with Crippen molar-refractivity contribution in [2.75, 3.05) is 20.3 Å². The highest BCUT2D eigenvalue weighted by Gasteiger charge is 2.41. The molecule has 0 saturated heterocycles. The molecular formula is C19H21F2NO3. The minimum atomic E-state index is -3.93. The number of esters is 1. The summed E-state index contributed by atoms with van der Waals surface area (Å²) in [5, 5.41) is 0. The maximum Gasteiger partial charge on any atom is 0.456 e. The molecule has 0 amide bonds. The Labute approximate surface area is 146 Å². The zero-order chi connectivity index (χ0) is 18.1. The topological polar surface area (TPSA) is 38.8 Å².